The Morgan fingerprint density at radius 1 is 1.21 bits per heavy atom. The Hall–Kier alpha value is -1.54. The molecule has 33 heavy (non-hydrogen) atoms. The van der Waals surface area contributed by atoms with Crippen LogP contribution in [0.2, 0.25) is 5.02 Å². The molecule has 1 saturated carbocycles. The predicted molar refractivity (Wildman–Crippen MR) is 143 cm³/mol. The highest BCUT2D eigenvalue weighted by atomic mass is 79.9. The minimum absolute atomic E-state index is 0.00466. The summed E-state index contributed by atoms with van der Waals surface area (Å²) in [5.41, 5.74) is 1.74. The van der Waals surface area contributed by atoms with Gasteiger partial charge in [-0.2, -0.15) is 0 Å². The van der Waals surface area contributed by atoms with E-state index in [1.165, 1.54) is 18.2 Å². The minimum atomic E-state index is 0.00466. The van der Waals surface area contributed by atoms with E-state index in [4.69, 9.17) is 33.3 Å². The molecule has 0 radical (unpaired) electrons. The quantitative estimate of drug-likeness (QED) is 0.255. The molecule has 4 rings (SSSR count). The largest absolute Gasteiger partial charge is 0.490 e. The maximum Gasteiger partial charge on any atom is 0.266 e. The number of rotatable bonds is 7. The van der Waals surface area contributed by atoms with Crippen molar-refractivity contribution in [2.75, 3.05) is 6.61 Å². The van der Waals surface area contributed by atoms with Gasteiger partial charge in [0, 0.05) is 16.6 Å². The van der Waals surface area contributed by atoms with Gasteiger partial charge in [0.15, 0.2) is 11.5 Å². The van der Waals surface area contributed by atoms with Gasteiger partial charge in [-0.15, -0.1) is 0 Å². The van der Waals surface area contributed by atoms with Crippen molar-refractivity contribution in [3.8, 4) is 11.5 Å². The van der Waals surface area contributed by atoms with E-state index in [0.717, 1.165) is 41.3 Å². The normalized spacial score (nSPS) is 18.3. The number of amides is 1. The average molecular weight is 567 g/mol. The molecule has 2 aromatic rings. The number of thiocarbonyl (C=S) groups is 1. The molecule has 4 nitrogen and oxygen atoms in total. The lowest BCUT2D eigenvalue weighted by Gasteiger charge is -2.29. The molecule has 1 aliphatic heterocycles. The fraction of sp³-hybridized carbons (Fsp3) is 0.360. The smallest absolute Gasteiger partial charge is 0.266 e. The second-order valence-electron chi connectivity index (χ2n) is 7.99. The lowest BCUT2D eigenvalue weighted by atomic mass is 9.94. The molecule has 174 valence electrons. The number of carbonyl (C=O) groups excluding carboxylic acids is 1. The number of carbonyl (C=O) groups is 1. The fourth-order valence-corrected chi connectivity index (χ4v) is 6.29. The Morgan fingerprint density at radius 3 is 2.70 bits per heavy atom. The van der Waals surface area contributed by atoms with Gasteiger partial charge in [-0.1, -0.05) is 73.0 Å². The van der Waals surface area contributed by atoms with E-state index in [2.05, 4.69) is 15.9 Å². The highest BCUT2D eigenvalue weighted by Crippen LogP contribution is 2.41. The molecule has 0 spiro atoms. The Labute approximate surface area is 217 Å². The average Bonchev–Trinajstić information content (AvgIpc) is 3.07. The fourth-order valence-electron chi connectivity index (χ4n) is 4.12. The molecule has 2 fully saturated rings. The van der Waals surface area contributed by atoms with E-state index in [9.17, 15) is 4.79 Å². The van der Waals surface area contributed by atoms with Gasteiger partial charge < -0.3 is 9.47 Å². The van der Waals surface area contributed by atoms with Crippen LogP contribution in [0.5, 0.6) is 11.5 Å². The van der Waals surface area contributed by atoms with Gasteiger partial charge in [0.1, 0.15) is 10.9 Å². The third kappa shape index (κ3) is 5.76. The van der Waals surface area contributed by atoms with Crippen molar-refractivity contribution in [2.24, 2.45) is 0 Å². The topological polar surface area (TPSA) is 38.8 Å². The number of ether oxygens (including phenoxy) is 2. The molecular formula is C25H25BrClNO3S2. The predicted octanol–water partition coefficient (Wildman–Crippen LogP) is 7.61. The Balaban J connectivity index is 1.57. The summed E-state index contributed by atoms with van der Waals surface area (Å²) in [7, 11) is 0. The number of hydrogen-bond donors (Lipinski definition) is 0. The van der Waals surface area contributed by atoms with E-state index in [1.807, 2.05) is 54.3 Å². The van der Waals surface area contributed by atoms with Gasteiger partial charge in [-0.3, -0.25) is 9.69 Å². The number of nitrogens with zero attached hydrogens (tertiary/aromatic N) is 1. The second kappa shape index (κ2) is 11.3. The lowest BCUT2D eigenvalue weighted by Crippen LogP contribution is -2.39. The van der Waals surface area contributed by atoms with Crippen LogP contribution in [-0.2, 0) is 11.4 Å². The number of hydrogen-bond acceptors (Lipinski definition) is 5. The Morgan fingerprint density at radius 2 is 1.97 bits per heavy atom. The highest BCUT2D eigenvalue weighted by Gasteiger charge is 2.37. The van der Waals surface area contributed by atoms with E-state index in [0.29, 0.717) is 39.0 Å². The Kier molecular flexibility index (Phi) is 8.38. The van der Waals surface area contributed by atoms with E-state index in [-0.39, 0.29) is 11.9 Å². The standard InChI is InChI=1S/C25H25BrClNO3S2/c1-2-30-21-13-16(12-19(26)23(21)31-15-17-8-6-7-11-20(17)27)14-22-24(29)28(25(32)33-22)18-9-4-3-5-10-18/h6-8,11-14,18H,2-5,9-10,15H2,1H3/b22-14-. The zero-order valence-corrected chi connectivity index (χ0v) is 22.3. The van der Waals surface area contributed by atoms with Crippen LogP contribution in [0, 0.1) is 0 Å². The molecular weight excluding hydrogens is 542 g/mol. The van der Waals surface area contributed by atoms with Crippen LogP contribution in [-0.4, -0.2) is 27.8 Å². The van der Waals surface area contributed by atoms with Gasteiger partial charge in [0.25, 0.3) is 5.91 Å². The van der Waals surface area contributed by atoms with Crippen LogP contribution in [0.3, 0.4) is 0 Å². The maximum absolute atomic E-state index is 13.1. The SMILES string of the molecule is CCOc1cc(/C=C2\SC(=S)N(C3CCCCC3)C2=O)cc(Br)c1OCc1ccccc1Cl. The van der Waals surface area contributed by atoms with Gasteiger partial charge >= 0.3 is 0 Å². The third-order valence-electron chi connectivity index (χ3n) is 5.72. The van der Waals surface area contributed by atoms with Crippen molar-refractivity contribution in [3.05, 3.63) is 61.9 Å². The van der Waals surface area contributed by atoms with Gasteiger partial charge in [-0.05, 0) is 65.5 Å². The molecule has 2 aromatic carbocycles. The van der Waals surface area contributed by atoms with Crippen molar-refractivity contribution in [2.45, 2.75) is 51.7 Å². The summed E-state index contributed by atoms with van der Waals surface area (Å²) in [5, 5.41) is 0.656. The molecule has 1 amide bonds. The first kappa shape index (κ1) is 24.6. The van der Waals surface area contributed by atoms with Crippen molar-refractivity contribution in [1.82, 2.24) is 4.90 Å². The van der Waals surface area contributed by atoms with Gasteiger partial charge in [0.2, 0.25) is 0 Å². The van der Waals surface area contributed by atoms with Crippen molar-refractivity contribution >= 4 is 67.8 Å². The minimum Gasteiger partial charge on any atom is -0.490 e. The number of thioether (sulfide) groups is 1. The second-order valence-corrected chi connectivity index (χ2v) is 10.9. The molecule has 8 heteroatoms. The van der Waals surface area contributed by atoms with Crippen LogP contribution in [0.1, 0.15) is 50.2 Å². The van der Waals surface area contributed by atoms with Crippen LogP contribution < -0.4 is 9.47 Å². The van der Waals surface area contributed by atoms with E-state index < -0.39 is 0 Å². The van der Waals surface area contributed by atoms with E-state index >= 15 is 0 Å². The summed E-state index contributed by atoms with van der Waals surface area (Å²) >= 11 is 16.8. The van der Waals surface area contributed by atoms with Crippen LogP contribution in [0.4, 0.5) is 0 Å². The molecule has 1 heterocycles. The molecule has 0 N–H and O–H groups in total. The lowest BCUT2D eigenvalue weighted by molar-refractivity contribution is -0.124. The maximum atomic E-state index is 13.1. The van der Waals surface area contributed by atoms with Crippen molar-refractivity contribution < 1.29 is 14.3 Å². The molecule has 2 aliphatic rings. The third-order valence-corrected chi connectivity index (χ3v) is 8.01. The monoisotopic (exact) mass is 565 g/mol. The highest BCUT2D eigenvalue weighted by molar-refractivity contribution is 9.10. The summed E-state index contributed by atoms with van der Waals surface area (Å²) in [6, 6.07) is 11.6. The first-order valence-corrected chi connectivity index (χ1v) is 13.5. The summed E-state index contributed by atoms with van der Waals surface area (Å²) in [6.07, 6.45) is 7.48. The van der Waals surface area contributed by atoms with Crippen LogP contribution in [0.15, 0.2) is 45.8 Å². The number of halogens is 2. The first-order valence-electron chi connectivity index (χ1n) is 11.1. The summed E-state index contributed by atoms with van der Waals surface area (Å²) in [5.74, 6) is 1.21. The molecule has 0 bridgehead atoms. The number of benzene rings is 2. The zero-order valence-electron chi connectivity index (χ0n) is 18.3. The van der Waals surface area contributed by atoms with Crippen LogP contribution in [0.25, 0.3) is 6.08 Å². The summed E-state index contributed by atoms with van der Waals surface area (Å²) in [4.78, 5) is 15.6. The van der Waals surface area contributed by atoms with Crippen molar-refractivity contribution in [1.29, 1.82) is 0 Å². The zero-order chi connectivity index (χ0) is 23.4. The van der Waals surface area contributed by atoms with Gasteiger partial charge in [0.05, 0.1) is 16.0 Å². The van der Waals surface area contributed by atoms with E-state index in [1.54, 1.807) is 0 Å². The van der Waals surface area contributed by atoms with Gasteiger partial charge in [-0.25, -0.2) is 0 Å². The summed E-state index contributed by atoms with van der Waals surface area (Å²) < 4.78 is 13.3. The summed E-state index contributed by atoms with van der Waals surface area (Å²) in [6.45, 7) is 2.73. The molecule has 0 unspecified atom stereocenters. The molecule has 0 atom stereocenters. The molecule has 0 aromatic heterocycles. The van der Waals surface area contributed by atoms with Crippen molar-refractivity contribution in [3.63, 3.8) is 0 Å². The van der Waals surface area contributed by atoms with Crippen LogP contribution >= 0.6 is 51.5 Å². The molecule has 1 saturated heterocycles. The first-order chi connectivity index (χ1) is 16.0. The molecule has 1 aliphatic carbocycles. The Bertz CT molecular complexity index is 1090.